The minimum Gasteiger partial charge on any atom is -0.308 e. The van der Waals surface area contributed by atoms with E-state index in [9.17, 15) is 0 Å². The summed E-state index contributed by atoms with van der Waals surface area (Å²) in [7, 11) is 0. The van der Waals surface area contributed by atoms with Gasteiger partial charge < -0.3 is 4.90 Å². The van der Waals surface area contributed by atoms with Crippen LogP contribution in [0.25, 0.3) is 85.5 Å². The lowest BCUT2D eigenvalue weighted by Crippen LogP contribution is -2.11. The van der Waals surface area contributed by atoms with Crippen molar-refractivity contribution in [2.45, 2.75) is 0 Å². The van der Waals surface area contributed by atoms with E-state index in [1.807, 2.05) is 11.3 Å². The van der Waals surface area contributed by atoms with Crippen LogP contribution in [0, 0.1) is 0 Å². The van der Waals surface area contributed by atoms with Crippen LogP contribution in [0.5, 0.6) is 0 Å². The second-order valence-corrected chi connectivity index (χ2v) is 15.1. The van der Waals surface area contributed by atoms with Gasteiger partial charge in [-0.15, -0.1) is 11.3 Å². The zero-order valence-corrected chi connectivity index (χ0v) is 30.2. The molecule has 0 atom stereocenters. The maximum atomic E-state index is 2.47. The van der Waals surface area contributed by atoms with E-state index in [-0.39, 0.29) is 0 Å². The molecule has 0 spiro atoms. The highest BCUT2D eigenvalue weighted by atomic mass is 32.1. The van der Waals surface area contributed by atoms with Crippen LogP contribution in [-0.2, 0) is 0 Å². The quantitative estimate of drug-likeness (QED) is 0.161. The Balaban J connectivity index is 1.12. The zero-order chi connectivity index (χ0) is 35.6. The van der Waals surface area contributed by atoms with Gasteiger partial charge in [-0.3, -0.25) is 0 Å². The van der Waals surface area contributed by atoms with E-state index in [2.05, 4.69) is 205 Å². The van der Waals surface area contributed by atoms with Crippen LogP contribution in [0.4, 0.5) is 17.1 Å². The van der Waals surface area contributed by atoms with Crippen molar-refractivity contribution >= 4 is 91.7 Å². The fourth-order valence-corrected chi connectivity index (χ4v) is 9.73. The van der Waals surface area contributed by atoms with E-state index in [4.69, 9.17) is 0 Å². The maximum absolute atomic E-state index is 2.47. The number of para-hydroxylation sites is 1. The molecule has 0 amide bonds. The Hall–Kier alpha value is -6.74. The Labute approximate surface area is 317 Å². The van der Waals surface area contributed by atoms with Gasteiger partial charge in [-0.25, -0.2) is 0 Å². The molecule has 0 aliphatic heterocycles. The second-order valence-electron chi connectivity index (χ2n) is 14.1. The first-order chi connectivity index (χ1) is 26.8. The Bertz CT molecular complexity index is 3210. The summed E-state index contributed by atoms with van der Waals surface area (Å²) in [4.78, 5) is 2.47. The number of hydrogen-bond donors (Lipinski definition) is 0. The van der Waals surface area contributed by atoms with E-state index >= 15 is 0 Å². The Morgan fingerprint density at radius 3 is 1.78 bits per heavy atom. The molecule has 0 aliphatic rings. The first-order valence-electron chi connectivity index (χ1n) is 18.5. The number of anilines is 3. The van der Waals surface area contributed by atoms with Gasteiger partial charge in [0.25, 0.3) is 0 Å². The summed E-state index contributed by atoms with van der Waals surface area (Å²) in [6, 6.07) is 73.5. The predicted molar refractivity (Wildman–Crippen MR) is 235 cm³/mol. The fourth-order valence-electron chi connectivity index (χ4n) is 8.49. The molecule has 11 rings (SSSR count). The highest BCUT2D eigenvalue weighted by Crippen LogP contribution is 2.48. The lowest BCUT2D eigenvalue weighted by Gasteiger charge is -2.28. The van der Waals surface area contributed by atoms with Gasteiger partial charge in [0.15, 0.2) is 0 Å². The highest BCUT2D eigenvalue weighted by Gasteiger charge is 2.21. The topological polar surface area (TPSA) is 3.24 Å². The molecule has 252 valence electrons. The SMILES string of the molecule is c1ccc(-c2ccccc2N(c2ccc(-c3cc4ccc5ccccc5c4c4ccccc34)cc2)c2cccc3c2sc2cc4ccccc4cc23)cc1. The predicted octanol–water partition coefficient (Wildman–Crippen LogP) is 15.5. The molecule has 1 heterocycles. The number of thiophene rings is 1. The van der Waals surface area contributed by atoms with E-state index in [0.717, 1.165) is 11.4 Å². The molecular weight excluding hydrogens is 671 g/mol. The van der Waals surface area contributed by atoms with Crippen molar-refractivity contribution in [1.82, 2.24) is 0 Å². The molecule has 0 bridgehead atoms. The van der Waals surface area contributed by atoms with Crippen molar-refractivity contribution in [3.05, 3.63) is 200 Å². The fraction of sp³-hybridized carbons (Fsp3) is 0. The van der Waals surface area contributed by atoms with E-state index in [1.165, 1.54) is 91.2 Å². The number of nitrogens with zero attached hydrogens (tertiary/aromatic N) is 1. The molecule has 0 aliphatic carbocycles. The first kappa shape index (κ1) is 30.8. The van der Waals surface area contributed by atoms with Crippen molar-refractivity contribution in [2.75, 3.05) is 4.90 Å². The molecule has 10 aromatic carbocycles. The van der Waals surface area contributed by atoms with Crippen molar-refractivity contribution in [3.63, 3.8) is 0 Å². The highest BCUT2D eigenvalue weighted by molar-refractivity contribution is 7.26. The maximum Gasteiger partial charge on any atom is 0.0640 e. The number of benzene rings is 10. The minimum absolute atomic E-state index is 1.12. The summed E-state index contributed by atoms with van der Waals surface area (Å²) in [5.41, 5.74) is 8.28. The average molecular weight is 704 g/mol. The molecule has 0 N–H and O–H groups in total. The molecule has 0 fully saturated rings. The Morgan fingerprint density at radius 2 is 0.944 bits per heavy atom. The van der Waals surface area contributed by atoms with E-state index in [0.29, 0.717) is 0 Å². The monoisotopic (exact) mass is 703 g/mol. The van der Waals surface area contributed by atoms with Gasteiger partial charge in [-0.05, 0) is 102 Å². The molecule has 54 heavy (non-hydrogen) atoms. The van der Waals surface area contributed by atoms with Crippen molar-refractivity contribution in [1.29, 1.82) is 0 Å². The van der Waals surface area contributed by atoms with Gasteiger partial charge >= 0.3 is 0 Å². The third kappa shape index (κ3) is 4.92. The summed E-state index contributed by atoms with van der Waals surface area (Å²) in [5, 5.41) is 12.8. The molecule has 0 radical (unpaired) electrons. The smallest absolute Gasteiger partial charge is 0.0640 e. The van der Waals surface area contributed by atoms with E-state index in [1.54, 1.807) is 0 Å². The average Bonchev–Trinajstić information content (AvgIpc) is 3.61. The number of fused-ring (bicyclic) bond motifs is 9. The van der Waals surface area contributed by atoms with Crippen LogP contribution in [0.1, 0.15) is 0 Å². The normalized spacial score (nSPS) is 11.7. The molecular formula is C52H33NS. The van der Waals surface area contributed by atoms with Crippen LogP contribution in [-0.4, -0.2) is 0 Å². The van der Waals surface area contributed by atoms with Gasteiger partial charge in [-0.2, -0.15) is 0 Å². The summed E-state index contributed by atoms with van der Waals surface area (Å²) < 4.78 is 2.58. The van der Waals surface area contributed by atoms with Crippen molar-refractivity contribution in [2.24, 2.45) is 0 Å². The summed E-state index contributed by atoms with van der Waals surface area (Å²) >= 11 is 1.88. The van der Waals surface area contributed by atoms with Gasteiger partial charge in [-0.1, -0.05) is 158 Å². The van der Waals surface area contributed by atoms with E-state index < -0.39 is 0 Å². The minimum atomic E-state index is 1.12. The largest absolute Gasteiger partial charge is 0.308 e. The standard InChI is InChI=1S/C52H33NS/c1-2-13-34(14-3-1)41-18-10-11-23-48(41)53(49-24-12-22-45-47-31-37-16-4-5-17-38(37)33-50(47)54-52(45)49)40-29-27-36(28-30-40)46-32-39-26-25-35-15-6-7-19-42(35)51(39)44-21-9-8-20-43(44)46/h1-33H. The Morgan fingerprint density at radius 1 is 0.333 bits per heavy atom. The third-order valence-electron chi connectivity index (χ3n) is 11.0. The molecule has 2 heteroatoms. The van der Waals surface area contributed by atoms with Gasteiger partial charge in [0.05, 0.1) is 16.1 Å². The molecule has 1 nitrogen and oxygen atoms in total. The lowest BCUT2D eigenvalue weighted by atomic mass is 9.90. The van der Waals surface area contributed by atoms with Gasteiger partial charge in [0.2, 0.25) is 0 Å². The lowest BCUT2D eigenvalue weighted by molar-refractivity contribution is 1.30. The third-order valence-corrected chi connectivity index (χ3v) is 12.2. The van der Waals surface area contributed by atoms with Crippen LogP contribution < -0.4 is 4.90 Å². The van der Waals surface area contributed by atoms with Crippen LogP contribution >= 0.6 is 11.3 Å². The van der Waals surface area contributed by atoms with Crippen molar-refractivity contribution in [3.8, 4) is 22.3 Å². The van der Waals surface area contributed by atoms with Gasteiger partial charge in [0.1, 0.15) is 0 Å². The Kier molecular flexibility index (Phi) is 7.11. The van der Waals surface area contributed by atoms with Crippen LogP contribution in [0.2, 0.25) is 0 Å². The van der Waals surface area contributed by atoms with Crippen molar-refractivity contribution < 1.29 is 0 Å². The zero-order valence-electron chi connectivity index (χ0n) is 29.4. The molecule has 0 unspecified atom stereocenters. The molecule has 0 saturated carbocycles. The second kappa shape index (κ2) is 12.4. The van der Waals surface area contributed by atoms with Crippen LogP contribution in [0.15, 0.2) is 200 Å². The molecule has 1 aromatic heterocycles. The summed E-state index contributed by atoms with van der Waals surface area (Å²) in [5.74, 6) is 0. The number of hydrogen-bond acceptors (Lipinski definition) is 2. The number of rotatable bonds is 5. The van der Waals surface area contributed by atoms with Crippen LogP contribution in [0.3, 0.4) is 0 Å². The molecule has 11 aromatic rings. The molecule has 0 saturated heterocycles. The summed E-state index contributed by atoms with van der Waals surface area (Å²) in [6.45, 7) is 0. The summed E-state index contributed by atoms with van der Waals surface area (Å²) in [6.07, 6.45) is 0. The first-order valence-corrected chi connectivity index (χ1v) is 19.3. The van der Waals surface area contributed by atoms with Gasteiger partial charge in [0, 0.05) is 26.7 Å².